The topological polar surface area (TPSA) is 88.1 Å². The Hall–Kier alpha value is -3.35. The molecule has 0 saturated heterocycles. The van der Waals surface area contributed by atoms with Crippen molar-refractivity contribution in [2.24, 2.45) is 0 Å². The standard InChI is InChI=1S/C23H24O7/c1-27-18-7-8-20-14(10-18)5-4-6-15(20)13-21(24)30-19-11-16(22(25)28-2)9-17(12-19)23(26)29-3/h7-12,15H,4-6,13H2,1-3H3. The minimum Gasteiger partial charge on any atom is -0.497 e. The summed E-state index contributed by atoms with van der Waals surface area (Å²) in [5.41, 5.74) is 2.49. The van der Waals surface area contributed by atoms with Crippen molar-refractivity contribution in [2.45, 2.75) is 31.6 Å². The smallest absolute Gasteiger partial charge is 0.338 e. The fourth-order valence-corrected chi connectivity index (χ4v) is 3.73. The molecule has 0 aromatic heterocycles. The van der Waals surface area contributed by atoms with Crippen LogP contribution < -0.4 is 9.47 Å². The lowest BCUT2D eigenvalue weighted by Crippen LogP contribution is -2.18. The van der Waals surface area contributed by atoms with Crippen LogP contribution in [0, 0.1) is 0 Å². The van der Waals surface area contributed by atoms with Crippen molar-refractivity contribution in [1.82, 2.24) is 0 Å². The van der Waals surface area contributed by atoms with Crippen LogP contribution in [0.25, 0.3) is 0 Å². The average Bonchev–Trinajstić information content (AvgIpc) is 2.77. The number of carbonyl (C=O) groups is 3. The van der Waals surface area contributed by atoms with E-state index in [1.165, 1.54) is 38.0 Å². The van der Waals surface area contributed by atoms with Gasteiger partial charge in [0.25, 0.3) is 0 Å². The lowest BCUT2D eigenvalue weighted by molar-refractivity contribution is -0.134. The van der Waals surface area contributed by atoms with Gasteiger partial charge in [0.1, 0.15) is 11.5 Å². The zero-order chi connectivity index (χ0) is 21.7. The Bertz CT molecular complexity index is 930. The number of rotatable bonds is 6. The van der Waals surface area contributed by atoms with Gasteiger partial charge in [0.05, 0.1) is 38.9 Å². The number of ether oxygens (including phenoxy) is 4. The molecule has 0 heterocycles. The molecule has 0 N–H and O–H groups in total. The molecule has 0 radical (unpaired) electrons. The second kappa shape index (κ2) is 9.43. The van der Waals surface area contributed by atoms with Crippen LogP contribution in [0.1, 0.15) is 57.0 Å². The van der Waals surface area contributed by atoms with E-state index in [1.54, 1.807) is 7.11 Å². The van der Waals surface area contributed by atoms with Gasteiger partial charge in [-0.2, -0.15) is 0 Å². The molecule has 1 unspecified atom stereocenters. The summed E-state index contributed by atoms with van der Waals surface area (Å²) in [4.78, 5) is 36.4. The van der Waals surface area contributed by atoms with Gasteiger partial charge in [0, 0.05) is 0 Å². The number of aryl methyl sites for hydroxylation is 1. The van der Waals surface area contributed by atoms with E-state index in [0.29, 0.717) is 0 Å². The van der Waals surface area contributed by atoms with E-state index in [4.69, 9.17) is 18.9 Å². The van der Waals surface area contributed by atoms with E-state index < -0.39 is 17.9 Å². The number of benzene rings is 2. The molecule has 0 fully saturated rings. The second-order valence-corrected chi connectivity index (χ2v) is 7.06. The molecule has 0 aliphatic heterocycles. The Kier molecular flexibility index (Phi) is 6.72. The molecule has 0 bridgehead atoms. The molecule has 0 saturated carbocycles. The maximum atomic E-state index is 12.6. The Morgan fingerprint density at radius 3 is 2.17 bits per heavy atom. The number of carbonyl (C=O) groups excluding carboxylic acids is 3. The highest BCUT2D eigenvalue weighted by molar-refractivity contribution is 5.96. The molecule has 30 heavy (non-hydrogen) atoms. The quantitative estimate of drug-likeness (QED) is 0.528. The molecule has 3 rings (SSSR count). The van der Waals surface area contributed by atoms with Crippen LogP contribution in [0.4, 0.5) is 0 Å². The predicted molar refractivity (Wildman–Crippen MR) is 108 cm³/mol. The first kappa shape index (κ1) is 21.4. The first-order valence-electron chi connectivity index (χ1n) is 9.64. The first-order valence-corrected chi connectivity index (χ1v) is 9.64. The van der Waals surface area contributed by atoms with E-state index in [2.05, 4.69) is 0 Å². The summed E-state index contributed by atoms with van der Waals surface area (Å²) in [6.45, 7) is 0. The van der Waals surface area contributed by atoms with Crippen LogP contribution in [0.5, 0.6) is 11.5 Å². The highest BCUT2D eigenvalue weighted by Crippen LogP contribution is 2.36. The van der Waals surface area contributed by atoms with Crippen molar-refractivity contribution in [3.8, 4) is 11.5 Å². The maximum Gasteiger partial charge on any atom is 0.338 e. The van der Waals surface area contributed by atoms with E-state index in [9.17, 15) is 14.4 Å². The first-order chi connectivity index (χ1) is 14.4. The fraction of sp³-hybridized carbons (Fsp3) is 0.348. The Morgan fingerprint density at radius 1 is 0.900 bits per heavy atom. The van der Waals surface area contributed by atoms with Gasteiger partial charge in [0.2, 0.25) is 0 Å². The third kappa shape index (κ3) is 4.79. The summed E-state index contributed by atoms with van der Waals surface area (Å²) in [5.74, 6) is -0.806. The number of fused-ring (bicyclic) bond motifs is 1. The molecule has 7 heteroatoms. The molecule has 7 nitrogen and oxygen atoms in total. The zero-order valence-electron chi connectivity index (χ0n) is 17.2. The van der Waals surface area contributed by atoms with Crippen molar-refractivity contribution in [2.75, 3.05) is 21.3 Å². The summed E-state index contributed by atoms with van der Waals surface area (Å²) >= 11 is 0. The zero-order valence-corrected chi connectivity index (χ0v) is 17.2. The van der Waals surface area contributed by atoms with Gasteiger partial charge in [-0.25, -0.2) is 9.59 Å². The molecule has 1 aliphatic rings. The SMILES string of the molecule is COC(=O)c1cc(OC(=O)CC2CCCc3cc(OC)ccc32)cc(C(=O)OC)c1. The molecule has 0 spiro atoms. The van der Waals surface area contributed by atoms with Crippen LogP contribution in [0.3, 0.4) is 0 Å². The molecular formula is C23H24O7. The Morgan fingerprint density at radius 2 is 1.57 bits per heavy atom. The molecule has 1 atom stereocenters. The molecular weight excluding hydrogens is 388 g/mol. The van der Waals surface area contributed by atoms with Gasteiger partial charge in [-0.3, -0.25) is 4.79 Å². The number of hydrogen-bond acceptors (Lipinski definition) is 7. The largest absolute Gasteiger partial charge is 0.497 e. The maximum absolute atomic E-state index is 12.6. The van der Waals surface area contributed by atoms with Gasteiger partial charge >= 0.3 is 17.9 Å². The van der Waals surface area contributed by atoms with Gasteiger partial charge in [-0.05, 0) is 66.6 Å². The Labute approximate surface area is 174 Å². The van der Waals surface area contributed by atoms with Crippen molar-refractivity contribution >= 4 is 17.9 Å². The third-order valence-electron chi connectivity index (χ3n) is 5.18. The van der Waals surface area contributed by atoms with Crippen LogP contribution in [-0.4, -0.2) is 39.2 Å². The molecule has 2 aromatic carbocycles. The highest BCUT2D eigenvalue weighted by Gasteiger charge is 2.24. The fourth-order valence-electron chi connectivity index (χ4n) is 3.73. The van der Waals surface area contributed by atoms with Crippen LogP contribution >= 0.6 is 0 Å². The van der Waals surface area contributed by atoms with Crippen LogP contribution in [0.15, 0.2) is 36.4 Å². The molecule has 1 aliphatic carbocycles. The minimum absolute atomic E-state index is 0.0380. The third-order valence-corrected chi connectivity index (χ3v) is 5.18. The summed E-state index contributed by atoms with van der Waals surface area (Å²) in [6.07, 6.45) is 2.99. The Balaban J connectivity index is 1.78. The summed E-state index contributed by atoms with van der Waals surface area (Å²) in [6, 6.07) is 9.98. The molecule has 0 amide bonds. The minimum atomic E-state index is -0.645. The number of methoxy groups -OCH3 is 3. The summed E-state index contributed by atoms with van der Waals surface area (Å²) in [7, 11) is 4.09. The lowest BCUT2D eigenvalue weighted by atomic mass is 9.81. The van der Waals surface area contributed by atoms with E-state index >= 15 is 0 Å². The monoisotopic (exact) mass is 412 g/mol. The molecule has 2 aromatic rings. The van der Waals surface area contributed by atoms with Gasteiger partial charge < -0.3 is 18.9 Å². The van der Waals surface area contributed by atoms with Crippen LogP contribution in [-0.2, 0) is 20.7 Å². The highest BCUT2D eigenvalue weighted by atomic mass is 16.5. The lowest BCUT2D eigenvalue weighted by Gasteiger charge is -2.25. The van der Waals surface area contributed by atoms with Crippen LogP contribution in [0.2, 0.25) is 0 Å². The van der Waals surface area contributed by atoms with Crippen molar-refractivity contribution in [3.05, 3.63) is 58.7 Å². The summed E-state index contributed by atoms with van der Waals surface area (Å²) < 4.78 is 20.2. The van der Waals surface area contributed by atoms with Crippen molar-refractivity contribution < 1.29 is 33.3 Å². The van der Waals surface area contributed by atoms with E-state index in [1.807, 2.05) is 18.2 Å². The molecule has 158 valence electrons. The number of hydrogen-bond donors (Lipinski definition) is 0. The normalized spacial score (nSPS) is 15.0. The van der Waals surface area contributed by atoms with Gasteiger partial charge in [-0.1, -0.05) is 6.07 Å². The summed E-state index contributed by atoms with van der Waals surface area (Å²) in [5, 5.41) is 0. The van der Waals surface area contributed by atoms with Gasteiger partial charge in [-0.15, -0.1) is 0 Å². The number of esters is 3. The van der Waals surface area contributed by atoms with Crippen molar-refractivity contribution in [1.29, 1.82) is 0 Å². The van der Waals surface area contributed by atoms with E-state index in [-0.39, 0.29) is 29.2 Å². The average molecular weight is 412 g/mol. The second-order valence-electron chi connectivity index (χ2n) is 7.06. The van der Waals surface area contributed by atoms with Crippen molar-refractivity contribution in [3.63, 3.8) is 0 Å². The van der Waals surface area contributed by atoms with E-state index in [0.717, 1.165) is 30.6 Å². The predicted octanol–water partition coefficient (Wildman–Crippen LogP) is 3.68. The van der Waals surface area contributed by atoms with Gasteiger partial charge in [0.15, 0.2) is 0 Å².